The molecule has 0 atom stereocenters. The third kappa shape index (κ3) is 4.04. The zero-order valence-electron chi connectivity index (χ0n) is 15.6. The van der Waals surface area contributed by atoms with Crippen LogP contribution in [0.5, 0.6) is 0 Å². The Morgan fingerprint density at radius 3 is 2.38 bits per heavy atom. The van der Waals surface area contributed by atoms with Gasteiger partial charge in [-0.25, -0.2) is 4.79 Å². The number of hydrogen-bond acceptors (Lipinski definition) is 3. The third-order valence-corrected chi connectivity index (χ3v) is 4.79. The molecule has 5 heteroatoms. The van der Waals surface area contributed by atoms with Crippen LogP contribution in [0, 0.1) is 13.8 Å². The predicted octanol–water partition coefficient (Wildman–Crippen LogP) is 3.86. The van der Waals surface area contributed by atoms with Crippen LogP contribution in [0.25, 0.3) is 0 Å². The first kappa shape index (κ1) is 18.0. The monoisotopic (exact) mass is 351 g/mol. The number of aryl methyl sites for hydroxylation is 2. The van der Waals surface area contributed by atoms with Gasteiger partial charge in [0, 0.05) is 43.1 Å². The number of benzene rings is 2. The van der Waals surface area contributed by atoms with Gasteiger partial charge in [-0.3, -0.25) is 4.79 Å². The van der Waals surface area contributed by atoms with Crippen molar-refractivity contribution in [3.8, 4) is 0 Å². The van der Waals surface area contributed by atoms with Crippen molar-refractivity contribution in [2.45, 2.75) is 20.8 Å². The zero-order valence-corrected chi connectivity index (χ0v) is 15.6. The van der Waals surface area contributed by atoms with E-state index in [2.05, 4.69) is 42.3 Å². The van der Waals surface area contributed by atoms with Crippen LogP contribution in [-0.2, 0) is 0 Å². The van der Waals surface area contributed by atoms with Gasteiger partial charge >= 0.3 is 6.03 Å². The minimum atomic E-state index is -0.119. The molecule has 1 fully saturated rings. The highest BCUT2D eigenvalue weighted by Gasteiger charge is 2.22. The Labute approximate surface area is 154 Å². The Morgan fingerprint density at radius 2 is 1.69 bits per heavy atom. The number of piperazine rings is 1. The van der Waals surface area contributed by atoms with E-state index in [4.69, 9.17) is 0 Å². The molecule has 2 aromatic carbocycles. The number of ketones is 1. The molecule has 0 saturated carbocycles. The summed E-state index contributed by atoms with van der Waals surface area (Å²) in [5, 5.41) is 2.90. The predicted molar refractivity (Wildman–Crippen MR) is 105 cm³/mol. The average Bonchev–Trinajstić information content (AvgIpc) is 2.64. The van der Waals surface area contributed by atoms with E-state index in [1.54, 1.807) is 24.3 Å². The van der Waals surface area contributed by atoms with Crippen LogP contribution in [0.4, 0.5) is 16.2 Å². The number of Topliss-reactive ketones (excluding diaryl/α,β-unsaturated/α-hetero) is 1. The van der Waals surface area contributed by atoms with Crippen molar-refractivity contribution in [2.75, 3.05) is 36.4 Å². The first-order valence-electron chi connectivity index (χ1n) is 8.93. The summed E-state index contributed by atoms with van der Waals surface area (Å²) in [5.41, 5.74) is 5.01. The highest BCUT2D eigenvalue weighted by Crippen LogP contribution is 2.23. The van der Waals surface area contributed by atoms with E-state index in [0.717, 1.165) is 13.1 Å². The van der Waals surface area contributed by atoms with Gasteiger partial charge < -0.3 is 15.1 Å². The molecule has 0 bridgehead atoms. The Balaban J connectivity index is 1.61. The average molecular weight is 351 g/mol. The molecule has 5 nitrogen and oxygen atoms in total. The minimum Gasteiger partial charge on any atom is -0.368 e. The summed E-state index contributed by atoms with van der Waals surface area (Å²) in [5.74, 6) is -0.0109. The Hall–Kier alpha value is -2.82. The highest BCUT2D eigenvalue weighted by atomic mass is 16.2. The molecule has 1 aliphatic heterocycles. The van der Waals surface area contributed by atoms with Gasteiger partial charge in [-0.05, 0) is 50.1 Å². The van der Waals surface area contributed by atoms with E-state index < -0.39 is 0 Å². The van der Waals surface area contributed by atoms with E-state index in [1.165, 1.54) is 23.7 Å². The van der Waals surface area contributed by atoms with Gasteiger partial charge in [0.25, 0.3) is 0 Å². The van der Waals surface area contributed by atoms with E-state index in [0.29, 0.717) is 24.3 Å². The van der Waals surface area contributed by atoms with Crippen molar-refractivity contribution in [1.82, 2.24) is 4.90 Å². The number of urea groups is 1. The molecule has 1 aliphatic rings. The lowest BCUT2D eigenvalue weighted by molar-refractivity contribution is 0.101. The van der Waals surface area contributed by atoms with Crippen molar-refractivity contribution in [1.29, 1.82) is 0 Å². The zero-order chi connectivity index (χ0) is 18.7. The molecule has 3 rings (SSSR count). The fourth-order valence-electron chi connectivity index (χ4n) is 3.23. The number of amides is 2. The summed E-state index contributed by atoms with van der Waals surface area (Å²) in [6.45, 7) is 8.71. The molecule has 0 aliphatic carbocycles. The molecule has 0 unspecified atom stereocenters. The van der Waals surface area contributed by atoms with Gasteiger partial charge in [-0.2, -0.15) is 0 Å². The third-order valence-electron chi connectivity index (χ3n) is 4.79. The Morgan fingerprint density at radius 1 is 0.962 bits per heavy atom. The molecule has 0 radical (unpaired) electrons. The second kappa shape index (κ2) is 7.60. The van der Waals surface area contributed by atoms with Crippen LogP contribution in [0.3, 0.4) is 0 Å². The number of nitrogens with one attached hydrogen (secondary N) is 1. The number of carbonyl (C=O) groups excluding carboxylic acids is 2. The SMILES string of the molecule is CC(=O)c1cccc(NC(=O)N2CCN(c3cc(C)ccc3C)CC2)c1. The number of carbonyl (C=O) groups is 2. The normalized spacial score (nSPS) is 14.3. The maximum absolute atomic E-state index is 12.5. The number of hydrogen-bond donors (Lipinski definition) is 1. The quantitative estimate of drug-likeness (QED) is 0.855. The van der Waals surface area contributed by atoms with Crippen LogP contribution in [0.15, 0.2) is 42.5 Å². The second-order valence-electron chi connectivity index (χ2n) is 6.83. The van der Waals surface area contributed by atoms with Crippen LogP contribution in [-0.4, -0.2) is 42.9 Å². The Bertz CT molecular complexity index is 824. The van der Waals surface area contributed by atoms with Crippen molar-refractivity contribution >= 4 is 23.2 Å². The minimum absolute atomic E-state index is 0.0109. The fourth-order valence-corrected chi connectivity index (χ4v) is 3.23. The molecule has 26 heavy (non-hydrogen) atoms. The standard InChI is InChI=1S/C21H25N3O2/c1-15-7-8-16(2)20(13-15)23-9-11-24(12-10-23)21(26)22-19-6-4-5-18(14-19)17(3)25/h4-8,13-14H,9-12H2,1-3H3,(H,22,26). The molecular formula is C21H25N3O2. The van der Waals surface area contributed by atoms with Gasteiger partial charge in [0.15, 0.2) is 5.78 Å². The summed E-state index contributed by atoms with van der Waals surface area (Å²) in [6, 6.07) is 13.4. The van der Waals surface area contributed by atoms with Crippen molar-refractivity contribution in [3.05, 3.63) is 59.2 Å². The summed E-state index contributed by atoms with van der Waals surface area (Å²) < 4.78 is 0. The number of rotatable bonds is 3. The van der Waals surface area contributed by atoms with Gasteiger partial charge in [0.2, 0.25) is 0 Å². The fraction of sp³-hybridized carbons (Fsp3) is 0.333. The molecule has 2 aromatic rings. The lowest BCUT2D eigenvalue weighted by atomic mass is 10.1. The summed E-state index contributed by atoms with van der Waals surface area (Å²) >= 11 is 0. The van der Waals surface area contributed by atoms with E-state index in [1.807, 2.05) is 4.90 Å². The van der Waals surface area contributed by atoms with Gasteiger partial charge in [0.1, 0.15) is 0 Å². The maximum atomic E-state index is 12.5. The second-order valence-corrected chi connectivity index (χ2v) is 6.83. The molecule has 0 aromatic heterocycles. The van der Waals surface area contributed by atoms with Crippen LogP contribution in [0.1, 0.15) is 28.4 Å². The summed E-state index contributed by atoms with van der Waals surface area (Å²) in [7, 11) is 0. The van der Waals surface area contributed by atoms with E-state index >= 15 is 0 Å². The molecule has 136 valence electrons. The number of anilines is 2. The van der Waals surface area contributed by atoms with Crippen molar-refractivity contribution < 1.29 is 9.59 Å². The van der Waals surface area contributed by atoms with Crippen molar-refractivity contribution in [2.24, 2.45) is 0 Å². The molecular weight excluding hydrogens is 326 g/mol. The lowest BCUT2D eigenvalue weighted by Gasteiger charge is -2.37. The first-order chi connectivity index (χ1) is 12.4. The van der Waals surface area contributed by atoms with Crippen LogP contribution >= 0.6 is 0 Å². The molecule has 1 heterocycles. The Kier molecular flexibility index (Phi) is 5.26. The largest absolute Gasteiger partial charge is 0.368 e. The number of nitrogens with zero attached hydrogens (tertiary/aromatic N) is 2. The van der Waals surface area contributed by atoms with Crippen LogP contribution < -0.4 is 10.2 Å². The molecule has 2 amide bonds. The highest BCUT2D eigenvalue weighted by molar-refractivity contribution is 5.96. The maximum Gasteiger partial charge on any atom is 0.321 e. The van der Waals surface area contributed by atoms with E-state index in [9.17, 15) is 9.59 Å². The van der Waals surface area contributed by atoms with Crippen LogP contribution in [0.2, 0.25) is 0 Å². The van der Waals surface area contributed by atoms with E-state index in [-0.39, 0.29) is 11.8 Å². The summed E-state index contributed by atoms with van der Waals surface area (Å²) in [4.78, 5) is 28.2. The van der Waals surface area contributed by atoms with Gasteiger partial charge in [-0.15, -0.1) is 0 Å². The molecule has 1 saturated heterocycles. The van der Waals surface area contributed by atoms with Gasteiger partial charge in [0.05, 0.1) is 0 Å². The summed E-state index contributed by atoms with van der Waals surface area (Å²) in [6.07, 6.45) is 0. The smallest absolute Gasteiger partial charge is 0.321 e. The molecule has 1 N–H and O–H groups in total. The first-order valence-corrected chi connectivity index (χ1v) is 8.93. The van der Waals surface area contributed by atoms with Gasteiger partial charge in [-0.1, -0.05) is 24.3 Å². The molecule has 0 spiro atoms. The topological polar surface area (TPSA) is 52.7 Å². The lowest BCUT2D eigenvalue weighted by Crippen LogP contribution is -2.50. The van der Waals surface area contributed by atoms with Crippen molar-refractivity contribution in [3.63, 3.8) is 0 Å².